The molecule has 0 spiro atoms. The van der Waals surface area contributed by atoms with Gasteiger partial charge in [0.05, 0.1) is 0 Å². The van der Waals surface area contributed by atoms with Crippen LogP contribution in [0.15, 0.2) is 42.5 Å². The molecule has 7 nitrogen and oxygen atoms in total. The van der Waals surface area contributed by atoms with Gasteiger partial charge in [-0.25, -0.2) is 4.79 Å². The van der Waals surface area contributed by atoms with Crippen molar-refractivity contribution in [1.82, 2.24) is 10.2 Å². The van der Waals surface area contributed by atoms with Crippen LogP contribution >= 0.6 is 0 Å². The van der Waals surface area contributed by atoms with Gasteiger partial charge >= 0.3 is 6.09 Å². The highest BCUT2D eigenvalue weighted by Gasteiger charge is 2.37. The number of aryl methyl sites for hydroxylation is 3. The van der Waals surface area contributed by atoms with Crippen molar-refractivity contribution in [3.63, 3.8) is 0 Å². The van der Waals surface area contributed by atoms with Gasteiger partial charge in [0.15, 0.2) is 0 Å². The molecule has 0 aliphatic heterocycles. The van der Waals surface area contributed by atoms with Crippen molar-refractivity contribution in [2.24, 2.45) is 5.92 Å². The van der Waals surface area contributed by atoms with Crippen molar-refractivity contribution in [2.75, 3.05) is 11.9 Å². The molecule has 2 rings (SSSR count). The Bertz CT molecular complexity index is 1070. The molecule has 2 N–H and O–H groups in total. The van der Waals surface area contributed by atoms with E-state index in [-0.39, 0.29) is 24.3 Å². The van der Waals surface area contributed by atoms with Crippen molar-refractivity contribution in [3.05, 3.63) is 64.7 Å². The predicted octanol–water partition coefficient (Wildman–Crippen LogP) is 6.08. The number of hydrogen-bond donors (Lipinski definition) is 2. The molecule has 0 radical (unpaired) electrons. The Kier molecular flexibility index (Phi) is 10.3. The number of rotatable bonds is 9. The van der Waals surface area contributed by atoms with Gasteiger partial charge in [0.25, 0.3) is 5.91 Å². The second kappa shape index (κ2) is 12.7. The van der Waals surface area contributed by atoms with Gasteiger partial charge in [-0.05, 0) is 71.1 Å². The summed E-state index contributed by atoms with van der Waals surface area (Å²) in [7, 11) is 0. The van der Waals surface area contributed by atoms with E-state index in [1.807, 2.05) is 84.0 Å². The first-order valence-corrected chi connectivity index (χ1v) is 13.0. The van der Waals surface area contributed by atoms with Gasteiger partial charge in [-0.15, -0.1) is 0 Å². The lowest BCUT2D eigenvalue weighted by atomic mass is 9.95. The summed E-state index contributed by atoms with van der Waals surface area (Å²) >= 11 is 0. The highest BCUT2D eigenvalue weighted by Crippen LogP contribution is 2.28. The molecule has 0 aliphatic carbocycles. The molecular formula is C30H43N3O4. The third-order valence-electron chi connectivity index (χ3n) is 6.46. The summed E-state index contributed by atoms with van der Waals surface area (Å²) in [6, 6.07) is 11.7. The Morgan fingerprint density at radius 1 is 0.946 bits per heavy atom. The molecule has 0 aromatic heterocycles. The zero-order valence-corrected chi connectivity index (χ0v) is 23.8. The fourth-order valence-electron chi connectivity index (χ4n) is 4.19. The minimum Gasteiger partial charge on any atom is -0.444 e. The number of para-hydroxylation sites is 1. The molecule has 0 fully saturated rings. The molecule has 0 aliphatic rings. The average molecular weight is 510 g/mol. The fourth-order valence-corrected chi connectivity index (χ4v) is 4.19. The molecule has 202 valence electrons. The van der Waals surface area contributed by atoms with Gasteiger partial charge in [-0.1, -0.05) is 68.3 Å². The van der Waals surface area contributed by atoms with E-state index in [2.05, 4.69) is 10.6 Å². The molecule has 2 aromatic rings. The molecule has 0 bridgehead atoms. The zero-order valence-electron chi connectivity index (χ0n) is 23.8. The van der Waals surface area contributed by atoms with Crippen LogP contribution in [0.4, 0.5) is 10.5 Å². The number of alkyl carbamates (subject to hydrolysis) is 1. The van der Waals surface area contributed by atoms with Crippen molar-refractivity contribution < 1.29 is 19.1 Å². The Hall–Kier alpha value is -3.35. The minimum absolute atomic E-state index is 0.172. The topological polar surface area (TPSA) is 87.7 Å². The van der Waals surface area contributed by atoms with Crippen LogP contribution in [-0.2, 0) is 14.3 Å². The average Bonchev–Trinajstić information content (AvgIpc) is 2.82. The van der Waals surface area contributed by atoms with Crippen molar-refractivity contribution in [2.45, 2.75) is 86.4 Å². The number of nitrogens with one attached hydrogen (secondary N) is 2. The van der Waals surface area contributed by atoms with Crippen LogP contribution in [0.3, 0.4) is 0 Å². The lowest BCUT2D eigenvalue weighted by Crippen LogP contribution is -2.54. The number of hydrogen-bond acceptors (Lipinski definition) is 4. The first-order valence-electron chi connectivity index (χ1n) is 13.0. The summed E-state index contributed by atoms with van der Waals surface area (Å²) in [5.41, 5.74) is 3.66. The maximum Gasteiger partial charge on any atom is 0.408 e. The minimum atomic E-state index is -0.885. The number of nitrogens with zero attached hydrogens (tertiary/aromatic N) is 1. The van der Waals surface area contributed by atoms with Crippen LogP contribution in [0.5, 0.6) is 0 Å². The molecule has 0 saturated heterocycles. The number of amides is 3. The summed E-state index contributed by atoms with van der Waals surface area (Å²) in [5.74, 6) is -0.809. The SMILES string of the molecule is CCC(C)C(NC(=O)OC(C)(C)C)C(=O)N(CC)C(C(=O)Nc1c(C)cccc1C)c1ccc(C)cc1. The van der Waals surface area contributed by atoms with E-state index in [1.54, 1.807) is 25.7 Å². The standard InChI is InChI=1S/C30H43N3O4/c1-10-20(4)25(32-29(36)37-30(7,8)9)28(35)33(11-2)26(23-17-15-19(3)16-18-23)27(34)31-24-21(5)13-12-14-22(24)6/h12-18,20,25-26H,10-11H2,1-9H3,(H,31,34)(H,32,36). The second-order valence-electron chi connectivity index (χ2n) is 10.7. The van der Waals surface area contributed by atoms with Gasteiger partial charge in [0, 0.05) is 12.2 Å². The summed E-state index contributed by atoms with van der Waals surface area (Å²) in [6.07, 6.45) is 0.00201. The van der Waals surface area contributed by atoms with Gasteiger partial charge in [-0.3, -0.25) is 9.59 Å². The molecule has 2 aromatic carbocycles. The maximum atomic E-state index is 14.0. The lowest BCUT2D eigenvalue weighted by Gasteiger charge is -2.35. The zero-order chi connectivity index (χ0) is 27.9. The molecule has 3 atom stereocenters. The second-order valence-corrected chi connectivity index (χ2v) is 10.7. The van der Waals surface area contributed by atoms with E-state index in [9.17, 15) is 14.4 Å². The normalized spacial score (nSPS) is 13.8. The summed E-state index contributed by atoms with van der Waals surface area (Å²) in [4.78, 5) is 42.1. The van der Waals surface area contributed by atoms with Crippen molar-refractivity contribution >= 4 is 23.6 Å². The van der Waals surface area contributed by atoms with E-state index >= 15 is 0 Å². The highest BCUT2D eigenvalue weighted by atomic mass is 16.6. The van der Waals surface area contributed by atoms with Gasteiger partial charge in [0.2, 0.25) is 5.91 Å². The Morgan fingerprint density at radius 2 is 1.51 bits per heavy atom. The molecule has 37 heavy (non-hydrogen) atoms. The summed E-state index contributed by atoms with van der Waals surface area (Å²) in [6.45, 7) is 17.2. The van der Waals surface area contributed by atoms with E-state index in [4.69, 9.17) is 4.74 Å². The van der Waals surface area contributed by atoms with Crippen LogP contribution in [0.25, 0.3) is 0 Å². The summed E-state index contributed by atoms with van der Waals surface area (Å²) in [5, 5.41) is 5.85. The van der Waals surface area contributed by atoms with E-state index in [0.29, 0.717) is 12.0 Å². The predicted molar refractivity (Wildman–Crippen MR) is 148 cm³/mol. The first kappa shape index (κ1) is 29.9. The van der Waals surface area contributed by atoms with Crippen molar-refractivity contribution in [3.8, 4) is 0 Å². The van der Waals surface area contributed by atoms with Crippen molar-refractivity contribution in [1.29, 1.82) is 0 Å². The van der Waals surface area contributed by atoms with Gasteiger partial charge in [0.1, 0.15) is 17.7 Å². The molecule has 7 heteroatoms. The number of benzene rings is 2. The van der Waals surface area contributed by atoms with Crippen LogP contribution < -0.4 is 10.6 Å². The molecular weight excluding hydrogens is 466 g/mol. The number of carbonyl (C=O) groups is 3. The van der Waals surface area contributed by atoms with Gasteiger partial charge in [-0.2, -0.15) is 0 Å². The van der Waals surface area contributed by atoms with Crippen LogP contribution in [0.1, 0.15) is 76.3 Å². The molecule has 3 amide bonds. The van der Waals surface area contributed by atoms with Crippen LogP contribution in [-0.4, -0.2) is 41.0 Å². The Balaban J connectivity index is 2.50. The quantitative estimate of drug-likeness (QED) is 0.429. The number of carbonyl (C=O) groups excluding carboxylic acids is 3. The first-order chi connectivity index (χ1) is 17.3. The Morgan fingerprint density at radius 3 is 2.00 bits per heavy atom. The lowest BCUT2D eigenvalue weighted by molar-refractivity contribution is -0.141. The monoisotopic (exact) mass is 509 g/mol. The van der Waals surface area contributed by atoms with Gasteiger partial charge < -0.3 is 20.3 Å². The Labute approximate surface area is 222 Å². The van der Waals surface area contributed by atoms with E-state index in [0.717, 1.165) is 22.4 Å². The number of anilines is 1. The smallest absolute Gasteiger partial charge is 0.408 e. The fraction of sp³-hybridized carbons (Fsp3) is 0.500. The number of likely N-dealkylation sites (N-methyl/N-ethyl adjacent to an activating group) is 1. The third-order valence-corrected chi connectivity index (χ3v) is 6.46. The highest BCUT2D eigenvalue weighted by molar-refractivity contribution is 6.00. The number of ether oxygens (including phenoxy) is 1. The van der Waals surface area contributed by atoms with E-state index < -0.39 is 23.8 Å². The maximum absolute atomic E-state index is 14.0. The third kappa shape index (κ3) is 8.07. The molecule has 3 unspecified atom stereocenters. The van der Waals surface area contributed by atoms with Crippen LogP contribution in [0, 0.1) is 26.7 Å². The van der Waals surface area contributed by atoms with E-state index in [1.165, 1.54) is 0 Å². The largest absolute Gasteiger partial charge is 0.444 e. The summed E-state index contributed by atoms with van der Waals surface area (Å²) < 4.78 is 5.44. The van der Waals surface area contributed by atoms with Crippen LogP contribution in [0.2, 0.25) is 0 Å². The molecule has 0 saturated carbocycles. The molecule has 0 heterocycles.